The smallest absolute Gasteiger partial charge is 0.363 e. The quantitative estimate of drug-likeness (QED) is 0.0929. The lowest BCUT2D eigenvalue weighted by Crippen LogP contribution is -2.06. The van der Waals surface area contributed by atoms with Crippen molar-refractivity contribution in [3.8, 4) is 11.5 Å². The predicted octanol–water partition coefficient (Wildman–Crippen LogP) is 6.22. The summed E-state index contributed by atoms with van der Waals surface area (Å²) in [6, 6.07) is 17.7. The van der Waals surface area contributed by atoms with Crippen molar-refractivity contribution in [1.29, 1.82) is 0 Å². The predicted molar refractivity (Wildman–Crippen MR) is 145 cm³/mol. The molecular weight excluding hydrogens is 599 g/mol. The summed E-state index contributed by atoms with van der Waals surface area (Å²) >= 11 is 8.03. The first kappa shape index (κ1) is 25.6. The molecule has 0 N–H and O–H groups in total. The zero-order valence-electron chi connectivity index (χ0n) is 19.1. The van der Waals surface area contributed by atoms with E-state index in [1.807, 2.05) is 43.3 Å². The minimum Gasteiger partial charge on any atom is -0.490 e. The number of benzene rings is 3. The fraction of sp³-hybridized carbons (Fsp3) is 0.154. The highest BCUT2D eigenvalue weighted by Gasteiger charge is 2.26. The van der Waals surface area contributed by atoms with Gasteiger partial charge in [-0.1, -0.05) is 41.9 Å². The van der Waals surface area contributed by atoms with Gasteiger partial charge in [0.1, 0.15) is 5.02 Å². The van der Waals surface area contributed by atoms with E-state index >= 15 is 0 Å². The first-order valence-electron chi connectivity index (χ1n) is 11.0. The van der Waals surface area contributed by atoms with Crippen LogP contribution in [-0.2, 0) is 16.0 Å². The Balaban J connectivity index is 1.58. The highest BCUT2D eigenvalue weighted by molar-refractivity contribution is 14.1. The van der Waals surface area contributed by atoms with Gasteiger partial charge in [-0.15, -0.1) is 0 Å². The fourth-order valence-electron chi connectivity index (χ4n) is 3.47. The maximum Gasteiger partial charge on any atom is 0.363 e. The summed E-state index contributed by atoms with van der Waals surface area (Å²) in [7, 11) is 0. The molecule has 3 aromatic rings. The van der Waals surface area contributed by atoms with Gasteiger partial charge in [0.05, 0.1) is 21.7 Å². The molecule has 0 unspecified atom stereocenters. The molecule has 0 bridgehead atoms. The molecule has 0 saturated heterocycles. The Hall–Kier alpha value is -3.44. The van der Waals surface area contributed by atoms with Gasteiger partial charge in [0.15, 0.2) is 17.2 Å². The minimum absolute atomic E-state index is 0.0199. The topological polar surface area (TPSA) is 100 Å². The van der Waals surface area contributed by atoms with Crippen molar-refractivity contribution in [3.05, 3.63) is 102 Å². The molecule has 0 aliphatic carbocycles. The highest BCUT2D eigenvalue weighted by atomic mass is 127. The molecule has 36 heavy (non-hydrogen) atoms. The average molecular weight is 619 g/mol. The Morgan fingerprint density at radius 2 is 1.92 bits per heavy atom. The first-order chi connectivity index (χ1) is 17.4. The van der Waals surface area contributed by atoms with Crippen LogP contribution in [0.3, 0.4) is 0 Å². The van der Waals surface area contributed by atoms with E-state index in [2.05, 4.69) is 27.6 Å². The molecule has 3 aromatic carbocycles. The molecule has 1 aliphatic heterocycles. The van der Waals surface area contributed by atoms with Crippen molar-refractivity contribution in [3.63, 3.8) is 0 Å². The molecule has 4 rings (SSSR count). The van der Waals surface area contributed by atoms with Gasteiger partial charge in [-0.3, -0.25) is 10.1 Å². The normalized spacial score (nSPS) is 13.9. The van der Waals surface area contributed by atoms with E-state index in [1.165, 1.54) is 23.8 Å². The lowest BCUT2D eigenvalue weighted by atomic mass is 10.1. The Kier molecular flexibility index (Phi) is 8.21. The number of ether oxygens (including phenoxy) is 3. The second-order valence-corrected chi connectivity index (χ2v) is 9.18. The van der Waals surface area contributed by atoms with E-state index in [0.717, 1.165) is 9.99 Å². The van der Waals surface area contributed by atoms with Gasteiger partial charge in [0.2, 0.25) is 5.90 Å². The zero-order valence-corrected chi connectivity index (χ0v) is 22.0. The second-order valence-electron chi connectivity index (χ2n) is 7.61. The summed E-state index contributed by atoms with van der Waals surface area (Å²) in [6.45, 7) is 2.79. The van der Waals surface area contributed by atoms with Crippen molar-refractivity contribution in [2.45, 2.75) is 13.3 Å². The van der Waals surface area contributed by atoms with Gasteiger partial charge in [-0.05, 0) is 71.0 Å². The Morgan fingerprint density at radius 3 is 2.64 bits per heavy atom. The molecule has 8 nitrogen and oxygen atoms in total. The Morgan fingerprint density at radius 1 is 1.14 bits per heavy atom. The van der Waals surface area contributed by atoms with Gasteiger partial charge in [-0.2, -0.15) is 0 Å². The van der Waals surface area contributed by atoms with Crippen LogP contribution in [0.5, 0.6) is 11.5 Å². The number of nitro groups is 1. The third-order valence-electron chi connectivity index (χ3n) is 5.13. The summed E-state index contributed by atoms with van der Waals surface area (Å²) in [4.78, 5) is 27.3. The maximum atomic E-state index is 12.5. The number of esters is 1. The molecule has 0 amide bonds. The van der Waals surface area contributed by atoms with E-state index in [4.69, 9.17) is 25.8 Å². The lowest BCUT2D eigenvalue weighted by molar-refractivity contribution is -0.384. The second kappa shape index (κ2) is 11.5. The van der Waals surface area contributed by atoms with E-state index in [9.17, 15) is 14.9 Å². The van der Waals surface area contributed by atoms with Crippen molar-refractivity contribution < 1.29 is 23.9 Å². The monoisotopic (exact) mass is 618 g/mol. The number of rotatable bonds is 9. The van der Waals surface area contributed by atoms with Gasteiger partial charge >= 0.3 is 5.97 Å². The maximum absolute atomic E-state index is 12.5. The summed E-state index contributed by atoms with van der Waals surface area (Å²) in [6.07, 6.45) is 2.32. The molecule has 10 heteroatoms. The Labute approximate surface area is 225 Å². The molecular formula is C26H20ClIN2O6. The third kappa shape index (κ3) is 6.03. The van der Waals surface area contributed by atoms with E-state index in [1.54, 1.807) is 12.1 Å². The van der Waals surface area contributed by atoms with Crippen LogP contribution in [0.2, 0.25) is 5.02 Å². The van der Waals surface area contributed by atoms with Gasteiger partial charge in [-0.25, -0.2) is 9.79 Å². The molecule has 0 fully saturated rings. The number of hydrogen-bond acceptors (Lipinski definition) is 7. The summed E-state index contributed by atoms with van der Waals surface area (Å²) in [5.41, 5.74) is 1.86. The van der Waals surface area contributed by atoms with E-state index in [-0.39, 0.29) is 27.9 Å². The molecule has 0 spiro atoms. The number of nitro benzene ring substituents is 1. The molecule has 0 saturated carbocycles. The van der Waals surface area contributed by atoms with Crippen molar-refractivity contribution in [2.75, 3.05) is 13.2 Å². The fourth-order valence-corrected chi connectivity index (χ4v) is 4.43. The van der Waals surface area contributed by atoms with Gasteiger partial charge in [0.25, 0.3) is 5.69 Å². The van der Waals surface area contributed by atoms with Crippen molar-refractivity contribution in [2.24, 2.45) is 4.99 Å². The number of cyclic esters (lactones) is 1. The lowest BCUT2D eigenvalue weighted by Gasteiger charge is -2.15. The van der Waals surface area contributed by atoms with Gasteiger partial charge in [0, 0.05) is 18.1 Å². The first-order valence-corrected chi connectivity index (χ1v) is 12.4. The number of hydrogen-bond donors (Lipinski definition) is 0. The van der Waals surface area contributed by atoms with Crippen LogP contribution in [0.25, 0.3) is 6.08 Å². The minimum atomic E-state index is -0.668. The van der Waals surface area contributed by atoms with E-state index < -0.39 is 10.9 Å². The van der Waals surface area contributed by atoms with Crippen LogP contribution < -0.4 is 9.47 Å². The van der Waals surface area contributed by atoms with Crippen molar-refractivity contribution >= 4 is 57.8 Å². The van der Waals surface area contributed by atoms with Crippen LogP contribution in [0.4, 0.5) is 5.69 Å². The third-order valence-corrected chi connectivity index (χ3v) is 6.25. The summed E-state index contributed by atoms with van der Waals surface area (Å²) in [5.74, 6) is 0.473. The molecule has 0 radical (unpaired) electrons. The number of carbonyl (C=O) groups is 1. The van der Waals surface area contributed by atoms with E-state index in [0.29, 0.717) is 30.3 Å². The molecule has 1 aliphatic rings. The number of aliphatic imine (C=N–C) groups is 1. The number of nitrogens with zero attached hydrogens (tertiary/aromatic N) is 2. The highest BCUT2D eigenvalue weighted by Crippen LogP contribution is 2.36. The van der Waals surface area contributed by atoms with Crippen LogP contribution in [0.15, 0.2) is 71.4 Å². The van der Waals surface area contributed by atoms with Crippen LogP contribution >= 0.6 is 34.2 Å². The molecule has 0 aromatic heterocycles. The summed E-state index contributed by atoms with van der Waals surface area (Å²) in [5, 5.41) is 11.2. The van der Waals surface area contributed by atoms with Crippen LogP contribution in [0.1, 0.15) is 23.6 Å². The largest absolute Gasteiger partial charge is 0.490 e. The van der Waals surface area contributed by atoms with Gasteiger partial charge < -0.3 is 14.2 Å². The summed E-state index contributed by atoms with van der Waals surface area (Å²) < 4.78 is 17.9. The molecule has 0 atom stereocenters. The number of carbonyl (C=O) groups excluding carboxylic acids is 1. The molecule has 184 valence electrons. The van der Waals surface area contributed by atoms with Crippen LogP contribution in [0, 0.1) is 13.7 Å². The van der Waals surface area contributed by atoms with Crippen molar-refractivity contribution in [1.82, 2.24) is 0 Å². The average Bonchev–Trinajstić information content (AvgIpc) is 3.21. The van der Waals surface area contributed by atoms with Crippen LogP contribution in [-0.4, -0.2) is 30.0 Å². The number of halogens is 2. The zero-order chi connectivity index (χ0) is 25.7. The standard InChI is InChI=1S/C26H20ClIN2O6/c1-2-34-23-14-17(12-20(28)24(23)35-11-10-16-6-4-3-5-7-16)13-21-26(31)36-25(29-21)18-8-9-19(27)22(15-18)30(32)33/h3-9,12-15H,2,10-11H2,1H3/b21-13-. The SMILES string of the molecule is CCOc1cc(/C=C2\N=C(c3ccc(Cl)c([N+](=O)[O-])c3)OC2=O)cc(I)c1OCCc1ccccc1. The Bertz CT molecular complexity index is 1370. The molecule has 1 heterocycles.